The molecule has 1 N–H and O–H groups in total. The lowest BCUT2D eigenvalue weighted by Crippen LogP contribution is -2.49. The number of carbonyl (C=O) groups is 2. The number of hydrogen-bond acceptors (Lipinski definition) is 4. The minimum absolute atomic E-state index is 0.0903. The number of rotatable bonds is 4. The average molecular weight is 432 g/mol. The Hall–Kier alpha value is -3.15. The molecule has 2 bridgehead atoms. The van der Waals surface area contributed by atoms with Crippen LogP contribution in [0.25, 0.3) is 22.4 Å². The van der Waals surface area contributed by atoms with E-state index in [1.165, 1.54) is 0 Å². The first-order valence-electron chi connectivity index (χ1n) is 11.3. The number of amides is 1. The smallest absolute Gasteiger partial charge is 0.338 e. The molecule has 2 aliphatic rings. The highest BCUT2D eigenvalue weighted by Gasteiger charge is 2.53. The molecule has 3 aromatic rings. The van der Waals surface area contributed by atoms with Crippen molar-refractivity contribution in [1.29, 1.82) is 0 Å². The van der Waals surface area contributed by atoms with Crippen molar-refractivity contribution in [2.75, 3.05) is 13.2 Å². The van der Waals surface area contributed by atoms with E-state index in [-0.39, 0.29) is 24.0 Å². The monoisotopic (exact) mass is 431 g/mol. The van der Waals surface area contributed by atoms with Crippen molar-refractivity contribution in [2.45, 2.75) is 46.1 Å². The van der Waals surface area contributed by atoms with Crippen molar-refractivity contribution in [1.82, 2.24) is 14.9 Å². The van der Waals surface area contributed by atoms with Crippen molar-refractivity contribution < 1.29 is 14.3 Å². The van der Waals surface area contributed by atoms with Crippen molar-refractivity contribution in [2.24, 2.45) is 10.8 Å². The second kappa shape index (κ2) is 7.47. The number of esters is 1. The molecule has 1 aliphatic heterocycles. The maximum atomic E-state index is 12.9. The molecule has 32 heavy (non-hydrogen) atoms. The van der Waals surface area contributed by atoms with Crippen LogP contribution in [0.5, 0.6) is 0 Å². The van der Waals surface area contributed by atoms with Crippen LogP contribution in [0, 0.1) is 10.8 Å². The summed E-state index contributed by atoms with van der Waals surface area (Å²) in [4.78, 5) is 35.4. The molecule has 2 fully saturated rings. The highest BCUT2D eigenvalue weighted by atomic mass is 16.5. The zero-order valence-electron chi connectivity index (χ0n) is 18.9. The number of H-pyrrole nitrogens is 1. The Morgan fingerprint density at radius 1 is 1.16 bits per heavy atom. The Balaban J connectivity index is 1.26. The SMILES string of the molecule is CC12CCN(C(=O)COC(=O)c3ccc4nc(-c5ccccc5)[nH]c4c3)C(C1)C(C)(C)C2. The Morgan fingerprint density at radius 2 is 1.94 bits per heavy atom. The summed E-state index contributed by atoms with van der Waals surface area (Å²) >= 11 is 0. The molecular weight excluding hydrogens is 402 g/mol. The third kappa shape index (κ3) is 3.68. The summed E-state index contributed by atoms with van der Waals surface area (Å²) in [6.07, 6.45) is 3.16. The molecule has 166 valence electrons. The maximum absolute atomic E-state index is 12.9. The van der Waals surface area contributed by atoms with Crippen molar-refractivity contribution in [3.8, 4) is 11.4 Å². The lowest BCUT2D eigenvalue weighted by Gasteiger charge is -2.40. The number of imidazole rings is 1. The van der Waals surface area contributed by atoms with E-state index in [4.69, 9.17) is 4.74 Å². The van der Waals surface area contributed by atoms with Gasteiger partial charge in [-0.3, -0.25) is 4.79 Å². The number of fused-ring (bicyclic) bond motifs is 3. The number of piperidine rings is 1. The van der Waals surface area contributed by atoms with Gasteiger partial charge in [0, 0.05) is 18.2 Å². The minimum Gasteiger partial charge on any atom is -0.452 e. The summed E-state index contributed by atoms with van der Waals surface area (Å²) in [5, 5.41) is 0. The number of aromatic nitrogens is 2. The Labute approximate surface area is 188 Å². The van der Waals surface area contributed by atoms with E-state index in [0.29, 0.717) is 11.0 Å². The first kappa shape index (κ1) is 20.7. The molecular formula is C26H29N3O3. The Morgan fingerprint density at radius 3 is 2.72 bits per heavy atom. The second-order valence-corrected chi connectivity index (χ2v) is 10.3. The number of benzene rings is 2. The molecule has 1 saturated heterocycles. The summed E-state index contributed by atoms with van der Waals surface area (Å²) in [7, 11) is 0. The van der Waals surface area contributed by atoms with Crippen LogP contribution >= 0.6 is 0 Å². The van der Waals surface area contributed by atoms with Gasteiger partial charge in [0.2, 0.25) is 0 Å². The Bertz CT molecular complexity index is 1180. The van der Waals surface area contributed by atoms with E-state index in [1.807, 2.05) is 35.2 Å². The number of aromatic amines is 1. The van der Waals surface area contributed by atoms with Gasteiger partial charge in [0.05, 0.1) is 16.6 Å². The predicted octanol–water partition coefficient (Wildman–Crippen LogP) is 4.81. The quantitative estimate of drug-likeness (QED) is 0.601. The fourth-order valence-electron chi connectivity index (χ4n) is 5.76. The molecule has 0 spiro atoms. The van der Waals surface area contributed by atoms with Crippen LogP contribution in [-0.4, -0.2) is 45.9 Å². The van der Waals surface area contributed by atoms with Crippen LogP contribution in [-0.2, 0) is 9.53 Å². The third-order valence-corrected chi connectivity index (χ3v) is 7.21. The van der Waals surface area contributed by atoms with Gasteiger partial charge in [-0.15, -0.1) is 0 Å². The number of nitrogens with one attached hydrogen (secondary N) is 1. The molecule has 6 nitrogen and oxygen atoms in total. The normalized spacial score (nSPS) is 24.0. The first-order chi connectivity index (χ1) is 15.2. The van der Waals surface area contributed by atoms with Crippen LogP contribution in [0.2, 0.25) is 0 Å². The van der Waals surface area contributed by atoms with Crippen molar-refractivity contribution in [3.63, 3.8) is 0 Å². The predicted molar refractivity (Wildman–Crippen MR) is 123 cm³/mol. The molecule has 2 heterocycles. The molecule has 1 aromatic heterocycles. The van der Waals surface area contributed by atoms with Gasteiger partial charge in [-0.2, -0.15) is 0 Å². The molecule has 2 unspecified atom stereocenters. The van der Waals surface area contributed by atoms with Gasteiger partial charge in [-0.25, -0.2) is 9.78 Å². The fraction of sp³-hybridized carbons (Fsp3) is 0.423. The number of hydrogen-bond donors (Lipinski definition) is 1. The van der Waals surface area contributed by atoms with Crippen LogP contribution in [0.1, 0.15) is 50.4 Å². The largest absolute Gasteiger partial charge is 0.452 e. The molecule has 1 amide bonds. The van der Waals surface area contributed by atoms with E-state index < -0.39 is 5.97 Å². The van der Waals surface area contributed by atoms with Crippen LogP contribution in [0.15, 0.2) is 48.5 Å². The highest BCUT2D eigenvalue weighted by Crippen LogP contribution is 2.55. The highest BCUT2D eigenvalue weighted by molar-refractivity contribution is 5.95. The average Bonchev–Trinajstić information content (AvgIpc) is 3.28. The molecule has 5 rings (SSSR count). The van der Waals surface area contributed by atoms with E-state index in [1.54, 1.807) is 18.2 Å². The zero-order chi connectivity index (χ0) is 22.5. The van der Waals surface area contributed by atoms with Gasteiger partial charge >= 0.3 is 5.97 Å². The van der Waals surface area contributed by atoms with Crippen LogP contribution in [0.3, 0.4) is 0 Å². The van der Waals surface area contributed by atoms with Crippen LogP contribution < -0.4 is 0 Å². The van der Waals surface area contributed by atoms with Gasteiger partial charge in [-0.05, 0) is 48.3 Å². The fourth-order valence-corrected chi connectivity index (χ4v) is 5.76. The molecule has 6 heteroatoms. The maximum Gasteiger partial charge on any atom is 0.338 e. The number of ether oxygens (including phenoxy) is 1. The van der Waals surface area contributed by atoms with Crippen molar-refractivity contribution >= 4 is 22.9 Å². The van der Waals surface area contributed by atoms with Gasteiger partial charge < -0.3 is 14.6 Å². The van der Waals surface area contributed by atoms with Crippen LogP contribution in [0.4, 0.5) is 0 Å². The van der Waals surface area contributed by atoms with E-state index >= 15 is 0 Å². The van der Waals surface area contributed by atoms with Gasteiger partial charge in [0.1, 0.15) is 5.82 Å². The summed E-state index contributed by atoms with van der Waals surface area (Å²) in [5.41, 5.74) is 3.32. The minimum atomic E-state index is -0.497. The summed E-state index contributed by atoms with van der Waals surface area (Å²) in [6, 6.07) is 15.3. The first-order valence-corrected chi connectivity index (χ1v) is 11.3. The number of nitrogens with zero attached hydrogens (tertiary/aromatic N) is 2. The zero-order valence-corrected chi connectivity index (χ0v) is 18.9. The van der Waals surface area contributed by atoms with Gasteiger partial charge in [-0.1, -0.05) is 51.1 Å². The molecule has 2 aromatic carbocycles. The van der Waals surface area contributed by atoms with Crippen molar-refractivity contribution in [3.05, 3.63) is 54.1 Å². The van der Waals surface area contributed by atoms with E-state index in [0.717, 1.165) is 48.2 Å². The number of likely N-dealkylation sites (tertiary alicyclic amines) is 1. The summed E-state index contributed by atoms with van der Waals surface area (Å²) in [6.45, 7) is 7.32. The molecule has 1 saturated carbocycles. The second-order valence-electron chi connectivity index (χ2n) is 10.3. The molecule has 2 atom stereocenters. The molecule has 0 radical (unpaired) electrons. The number of carbonyl (C=O) groups excluding carboxylic acids is 2. The van der Waals surface area contributed by atoms with E-state index in [9.17, 15) is 9.59 Å². The van der Waals surface area contributed by atoms with Gasteiger partial charge in [0.15, 0.2) is 6.61 Å². The van der Waals surface area contributed by atoms with Gasteiger partial charge in [0.25, 0.3) is 5.91 Å². The topological polar surface area (TPSA) is 75.3 Å². The third-order valence-electron chi connectivity index (χ3n) is 7.21. The summed E-state index contributed by atoms with van der Waals surface area (Å²) < 4.78 is 5.42. The summed E-state index contributed by atoms with van der Waals surface area (Å²) in [5.74, 6) is 0.149. The molecule has 1 aliphatic carbocycles. The lowest BCUT2D eigenvalue weighted by atomic mass is 9.81. The standard InChI is InChI=1S/C26H29N3O3/c1-25(2)16-26(3)11-12-29(21(25)14-26)22(30)15-32-24(31)18-9-10-19-20(13-18)28-23(27-19)17-7-5-4-6-8-17/h4-10,13,21H,11-12,14-16H2,1-3H3,(H,27,28). The van der Waals surface area contributed by atoms with E-state index in [2.05, 4.69) is 30.7 Å². The lowest BCUT2D eigenvalue weighted by molar-refractivity contribution is -0.140. The Kier molecular flexibility index (Phi) is 4.84.